The number of hydrogen-bond acceptors (Lipinski definition) is 5. The summed E-state index contributed by atoms with van der Waals surface area (Å²) < 4.78 is 0. The number of nitrogens with one attached hydrogen (secondary N) is 1. The summed E-state index contributed by atoms with van der Waals surface area (Å²) in [5.41, 5.74) is 11.6. The number of carbonyl (C=O) groups excluding carboxylic acids is 1. The summed E-state index contributed by atoms with van der Waals surface area (Å²) in [6, 6.07) is 4.69. The largest absolute Gasteiger partial charge is 0.399 e. The molecule has 0 aromatic heterocycles. The molecule has 1 atom stereocenters. The number of thioether (sulfide) groups is 1. The number of hydrogen-bond donors (Lipinski definition) is 4. The van der Waals surface area contributed by atoms with Crippen LogP contribution in [0.25, 0.3) is 0 Å². The molecule has 1 rings (SSSR count). The van der Waals surface area contributed by atoms with Crippen molar-refractivity contribution in [3.63, 3.8) is 0 Å². The quantitative estimate of drug-likeness (QED) is 0.589. The minimum absolute atomic E-state index is 0.182. The van der Waals surface area contributed by atoms with E-state index in [9.17, 15) is 9.90 Å². The lowest BCUT2D eigenvalue weighted by atomic mass is 10.1. The lowest BCUT2D eigenvalue weighted by Gasteiger charge is -2.22. The van der Waals surface area contributed by atoms with Gasteiger partial charge in [-0.2, -0.15) is 11.8 Å². The minimum atomic E-state index is -0.930. The summed E-state index contributed by atoms with van der Waals surface area (Å²) in [5, 5.41) is 12.6. The zero-order valence-electron chi connectivity index (χ0n) is 10.6. The summed E-state index contributed by atoms with van der Waals surface area (Å²) >= 11 is 1.52. The van der Waals surface area contributed by atoms with Gasteiger partial charge < -0.3 is 21.9 Å². The average molecular weight is 269 g/mol. The van der Waals surface area contributed by atoms with Gasteiger partial charge in [0.05, 0.1) is 5.60 Å². The second-order valence-electron chi connectivity index (χ2n) is 4.50. The van der Waals surface area contributed by atoms with Gasteiger partial charge in [-0.1, -0.05) is 0 Å². The van der Waals surface area contributed by atoms with Crippen molar-refractivity contribution >= 4 is 29.0 Å². The number of amides is 1. The zero-order valence-corrected chi connectivity index (χ0v) is 11.4. The fourth-order valence-corrected chi connectivity index (χ4v) is 2.27. The van der Waals surface area contributed by atoms with Gasteiger partial charge >= 0.3 is 0 Å². The molecule has 1 aromatic rings. The Balaban J connectivity index is 2.66. The molecule has 0 aliphatic rings. The molecule has 6 heteroatoms. The smallest absolute Gasteiger partial charge is 0.251 e. The molecule has 18 heavy (non-hydrogen) atoms. The predicted octanol–water partition coefficient (Wildman–Crippen LogP) is 0.695. The SMILES string of the molecule is CSCC(C)(O)CNC(=O)c1cc(N)cc(N)c1. The Morgan fingerprint density at radius 3 is 2.44 bits per heavy atom. The van der Waals surface area contributed by atoms with Crippen LogP contribution in [0, 0.1) is 0 Å². The third-order valence-electron chi connectivity index (χ3n) is 2.32. The summed E-state index contributed by atoms with van der Waals surface area (Å²) in [4.78, 5) is 11.9. The number of benzene rings is 1. The van der Waals surface area contributed by atoms with Gasteiger partial charge in [-0.3, -0.25) is 4.79 Å². The average Bonchev–Trinajstić information content (AvgIpc) is 2.24. The molecule has 1 aromatic carbocycles. The van der Waals surface area contributed by atoms with E-state index in [0.717, 1.165) is 0 Å². The van der Waals surface area contributed by atoms with Crippen molar-refractivity contribution in [3.8, 4) is 0 Å². The number of aliphatic hydroxyl groups is 1. The summed E-state index contributed by atoms with van der Waals surface area (Å²) in [6.45, 7) is 1.86. The van der Waals surface area contributed by atoms with Crippen LogP contribution in [0.2, 0.25) is 0 Å². The number of carbonyl (C=O) groups is 1. The van der Waals surface area contributed by atoms with Crippen molar-refractivity contribution in [1.29, 1.82) is 0 Å². The highest BCUT2D eigenvalue weighted by molar-refractivity contribution is 7.98. The number of nitrogen functional groups attached to an aromatic ring is 2. The van der Waals surface area contributed by atoms with Gasteiger partial charge in [-0.05, 0) is 31.4 Å². The molecule has 0 bridgehead atoms. The third-order valence-corrected chi connectivity index (χ3v) is 3.24. The normalized spacial score (nSPS) is 13.9. The van der Waals surface area contributed by atoms with Crippen LogP contribution >= 0.6 is 11.8 Å². The van der Waals surface area contributed by atoms with Crippen LogP contribution in [0.5, 0.6) is 0 Å². The Morgan fingerprint density at radius 1 is 1.39 bits per heavy atom. The molecule has 5 nitrogen and oxygen atoms in total. The van der Waals surface area contributed by atoms with Crippen molar-refractivity contribution in [2.24, 2.45) is 0 Å². The second kappa shape index (κ2) is 5.97. The van der Waals surface area contributed by atoms with Gasteiger partial charge in [0.2, 0.25) is 0 Å². The van der Waals surface area contributed by atoms with Crippen molar-refractivity contribution in [3.05, 3.63) is 23.8 Å². The number of anilines is 2. The van der Waals surface area contributed by atoms with E-state index in [1.165, 1.54) is 11.8 Å². The van der Waals surface area contributed by atoms with E-state index < -0.39 is 5.60 Å². The van der Waals surface area contributed by atoms with Crippen LogP contribution in [-0.2, 0) is 0 Å². The molecule has 0 radical (unpaired) electrons. The highest BCUT2D eigenvalue weighted by Gasteiger charge is 2.20. The first kappa shape index (κ1) is 14.7. The summed E-state index contributed by atoms with van der Waals surface area (Å²) in [7, 11) is 0. The van der Waals surface area contributed by atoms with Crippen LogP contribution < -0.4 is 16.8 Å². The van der Waals surface area contributed by atoms with Crippen LogP contribution in [0.3, 0.4) is 0 Å². The van der Waals surface area contributed by atoms with E-state index in [1.807, 2.05) is 6.26 Å². The van der Waals surface area contributed by atoms with E-state index >= 15 is 0 Å². The Hall–Kier alpha value is -1.40. The Morgan fingerprint density at radius 2 is 1.94 bits per heavy atom. The van der Waals surface area contributed by atoms with E-state index in [2.05, 4.69) is 5.32 Å². The number of rotatable bonds is 5. The summed E-state index contributed by atoms with van der Waals surface area (Å²) in [5.74, 6) is 0.252. The molecule has 0 saturated carbocycles. The molecule has 0 fully saturated rings. The maximum Gasteiger partial charge on any atom is 0.251 e. The van der Waals surface area contributed by atoms with Crippen LogP contribution in [0.4, 0.5) is 11.4 Å². The van der Waals surface area contributed by atoms with Gasteiger partial charge in [-0.15, -0.1) is 0 Å². The molecular weight excluding hydrogens is 250 g/mol. The van der Waals surface area contributed by atoms with E-state index in [-0.39, 0.29) is 12.5 Å². The monoisotopic (exact) mass is 269 g/mol. The molecule has 0 saturated heterocycles. The first-order valence-corrected chi connectivity index (χ1v) is 6.89. The van der Waals surface area contributed by atoms with E-state index in [4.69, 9.17) is 11.5 Å². The second-order valence-corrected chi connectivity index (χ2v) is 5.37. The Labute approximate surface area is 111 Å². The predicted molar refractivity (Wildman–Crippen MR) is 76.6 cm³/mol. The van der Waals surface area contributed by atoms with Gasteiger partial charge in [0.15, 0.2) is 0 Å². The highest BCUT2D eigenvalue weighted by atomic mass is 32.2. The molecule has 0 heterocycles. The standard InChI is InChI=1S/C12H19N3O2S/c1-12(17,7-18-2)6-15-11(16)8-3-9(13)5-10(14)4-8/h3-5,17H,6-7,13-14H2,1-2H3,(H,15,16). The Kier molecular flexibility index (Phi) is 4.86. The highest BCUT2D eigenvalue weighted by Crippen LogP contribution is 2.14. The Bertz CT molecular complexity index is 415. The fourth-order valence-electron chi connectivity index (χ4n) is 1.54. The lowest BCUT2D eigenvalue weighted by molar-refractivity contribution is 0.0725. The van der Waals surface area contributed by atoms with E-state index in [0.29, 0.717) is 22.7 Å². The van der Waals surface area contributed by atoms with Crippen LogP contribution in [-0.4, -0.2) is 35.2 Å². The molecule has 0 aliphatic heterocycles. The molecule has 1 amide bonds. The first-order valence-electron chi connectivity index (χ1n) is 5.49. The topological polar surface area (TPSA) is 101 Å². The van der Waals surface area contributed by atoms with Crippen molar-refractivity contribution in [1.82, 2.24) is 5.32 Å². The molecule has 6 N–H and O–H groups in total. The third kappa shape index (κ3) is 4.46. The zero-order chi connectivity index (χ0) is 13.8. The minimum Gasteiger partial charge on any atom is -0.399 e. The molecule has 0 spiro atoms. The van der Waals surface area contributed by atoms with E-state index in [1.54, 1.807) is 25.1 Å². The maximum atomic E-state index is 11.9. The lowest BCUT2D eigenvalue weighted by Crippen LogP contribution is -2.42. The van der Waals surface area contributed by atoms with Gasteiger partial charge in [0.1, 0.15) is 0 Å². The maximum absolute atomic E-state index is 11.9. The van der Waals surface area contributed by atoms with Gasteiger partial charge in [0.25, 0.3) is 5.91 Å². The fraction of sp³-hybridized carbons (Fsp3) is 0.417. The van der Waals surface area contributed by atoms with Crippen molar-refractivity contribution < 1.29 is 9.90 Å². The van der Waals surface area contributed by atoms with Crippen LogP contribution in [0.1, 0.15) is 17.3 Å². The van der Waals surface area contributed by atoms with Crippen LogP contribution in [0.15, 0.2) is 18.2 Å². The molecule has 0 aliphatic carbocycles. The molecule has 1 unspecified atom stereocenters. The molecule has 100 valence electrons. The van der Waals surface area contributed by atoms with Gasteiger partial charge in [0, 0.05) is 29.2 Å². The first-order chi connectivity index (χ1) is 8.34. The molecular formula is C12H19N3O2S. The van der Waals surface area contributed by atoms with Crippen molar-refractivity contribution in [2.75, 3.05) is 30.0 Å². The van der Waals surface area contributed by atoms with Crippen molar-refractivity contribution in [2.45, 2.75) is 12.5 Å². The summed E-state index contributed by atoms with van der Waals surface area (Å²) in [6.07, 6.45) is 1.90. The van der Waals surface area contributed by atoms with Gasteiger partial charge in [-0.25, -0.2) is 0 Å². The number of nitrogens with two attached hydrogens (primary N) is 2.